The van der Waals surface area contributed by atoms with Crippen molar-refractivity contribution in [3.05, 3.63) is 45.6 Å². The lowest BCUT2D eigenvalue weighted by atomic mass is 9.89. The highest BCUT2D eigenvalue weighted by Gasteiger charge is 2.37. The number of aromatic nitrogens is 3. The van der Waals surface area contributed by atoms with E-state index in [2.05, 4.69) is 36.1 Å². The van der Waals surface area contributed by atoms with E-state index in [0.717, 1.165) is 40.2 Å². The Bertz CT molecular complexity index is 926. The Kier molecular flexibility index (Phi) is 5.14. The monoisotopic (exact) mass is 405 g/mol. The van der Waals surface area contributed by atoms with Crippen molar-refractivity contribution in [2.75, 3.05) is 13.1 Å². The van der Waals surface area contributed by atoms with Crippen LogP contribution in [0.15, 0.2) is 24.3 Å². The van der Waals surface area contributed by atoms with Crippen molar-refractivity contribution in [1.29, 1.82) is 0 Å². The molecular weight excluding hydrogens is 380 g/mol. The lowest BCUT2D eigenvalue weighted by Crippen LogP contribution is -3.14. The molecule has 4 rings (SSSR count). The topological polar surface area (TPSA) is 54.9 Å². The number of likely N-dealkylation sites (tertiary alicyclic amines) is 1. The average Bonchev–Trinajstić information content (AvgIpc) is 3.16. The molecule has 0 aliphatic carbocycles. The Morgan fingerprint density at radius 1 is 1.26 bits per heavy atom. The number of aromatic hydroxyl groups is 1. The van der Waals surface area contributed by atoms with E-state index in [9.17, 15) is 5.11 Å². The van der Waals surface area contributed by atoms with Crippen LogP contribution in [0.4, 0.5) is 0 Å². The van der Waals surface area contributed by atoms with Gasteiger partial charge in [-0.05, 0) is 18.6 Å². The Morgan fingerprint density at radius 2 is 1.93 bits per heavy atom. The number of benzene rings is 1. The summed E-state index contributed by atoms with van der Waals surface area (Å²) < 4.78 is 1.60. The van der Waals surface area contributed by atoms with Crippen LogP contribution in [0.25, 0.3) is 4.96 Å². The number of piperidine rings is 1. The van der Waals surface area contributed by atoms with Gasteiger partial charge in [0, 0.05) is 28.8 Å². The van der Waals surface area contributed by atoms with Crippen molar-refractivity contribution >= 4 is 27.9 Å². The molecule has 5 nitrogen and oxygen atoms in total. The standard InChI is InChI=1S/C20H25ClN4OS/c1-4-16-22-20-25(23-16)19(26)18(27-20)17(14-5-7-15(21)8-6-14)24-10-12(2)9-13(3)11-24/h5-8,12-13,17,26H,4,9-11H2,1-3H3/p+1/t12-,13-,17+/m0/s1. The lowest BCUT2D eigenvalue weighted by molar-refractivity contribution is -0.936. The second-order valence-electron chi connectivity index (χ2n) is 7.86. The second kappa shape index (κ2) is 7.41. The molecular formula is C20H26ClN4OS+. The molecule has 27 heavy (non-hydrogen) atoms. The van der Waals surface area contributed by atoms with E-state index in [1.54, 1.807) is 15.9 Å². The van der Waals surface area contributed by atoms with Gasteiger partial charge in [-0.1, -0.05) is 55.8 Å². The summed E-state index contributed by atoms with van der Waals surface area (Å²) in [5.41, 5.74) is 1.17. The number of rotatable bonds is 4. The van der Waals surface area contributed by atoms with Gasteiger partial charge in [0.15, 0.2) is 11.9 Å². The maximum atomic E-state index is 11.0. The fourth-order valence-electron chi connectivity index (χ4n) is 4.42. The van der Waals surface area contributed by atoms with Crippen molar-refractivity contribution < 1.29 is 10.0 Å². The maximum Gasteiger partial charge on any atom is 0.235 e. The van der Waals surface area contributed by atoms with Gasteiger partial charge < -0.3 is 10.0 Å². The molecule has 144 valence electrons. The molecule has 3 heterocycles. The summed E-state index contributed by atoms with van der Waals surface area (Å²) in [4.78, 5) is 7.74. The third-order valence-corrected chi connectivity index (χ3v) is 6.80. The normalized spacial score (nSPS) is 24.4. The number of hydrogen-bond acceptors (Lipinski definition) is 4. The minimum atomic E-state index is 0.0612. The highest BCUT2D eigenvalue weighted by Crippen LogP contribution is 2.36. The van der Waals surface area contributed by atoms with E-state index >= 15 is 0 Å². The smallest absolute Gasteiger partial charge is 0.235 e. The molecule has 0 amide bonds. The number of nitrogens with one attached hydrogen (secondary N) is 1. The summed E-state index contributed by atoms with van der Waals surface area (Å²) in [5, 5.41) is 16.2. The molecule has 1 saturated heterocycles. The SMILES string of the molecule is CCc1nc2sc([C@@H](c3ccc(Cl)cc3)[NH+]3C[C@@H](C)C[C@H](C)C3)c(O)n2n1. The summed E-state index contributed by atoms with van der Waals surface area (Å²) in [7, 11) is 0. The molecule has 3 aromatic rings. The molecule has 2 aromatic heterocycles. The number of aryl methyl sites for hydroxylation is 1. The quantitative estimate of drug-likeness (QED) is 0.699. The fourth-order valence-corrected chi connectivity index (χ4v) is 5.71. The first-order valence-corrected chi connectivity index (χ1v) is 10.8. The lowest BCUT2D eigenvalue weighted by Gasteiger charge is -2.37. The summed E-state index contributed by atoms with van der Waals surface area (Å²) >= 11 is 7.68. The van der Waals surface area contributed by atoms with E-state index in [1.807, 2.05) is 19.1 Å². The van der Waals surface area contributed by atoms with Gasteiger partial charge >= 0.3 is 0 Å². The van der Waals surface area contributed by atoms with Crippen molar-refractivity contribution in [3.63, 3.8) is 0 Å². The number of hydrogen-bond donors (Lipinski definition) is 2. The van der Waals surface area contributed by atoms with Crippen LogP contribution < -0.4 is 4.90 Å². The molecule has 1 aromatic carbocycles. The van der Waals surface area contributed by atoms with E-state index < -0.39 is 0 Å². The third kappa shape index (κ3) is 3.58. The van der Waals surface area contributed by atoms with Crippen LogP contribution in [0.5, 0.6) is 5.88 Å². The van der Waals surface area contributed by atoms with Gasteiger partial charge in [-0.3, -0.25) is 0 Å². The molecule has 1 fully saturated rings. The molecule has 0 bridgehead atoms. The van der Waals surface area contributed by atoms with Gasteiger partial charge in [-0.2, -0.15) is 4.52 Å². The number of thiazole rings is 1. The van der Waals surface area contributed by atoms with Crippen molar-refractivity contribution in [1.82, 2.24) is 14.6 Å². The van der Waals surface area contributed by atoms with Crippen LogP contribution in [-0.2, 0) is 6.42 Å². The molecule has 2 N–H and O–H groups in total. The zero-order valence-electron chi connectivity index (χ0n) is 15.9. The van der Waals surface area contributed by atoms with Gasteiger partial charge in [0.05, 0.1) is 13.1 Å². The summed E-state index contributed by atoms with van der Waals surface area (Å²) in [5.74, 6) is 2.31. The van der Waals surface area contributed by atoms with Gasteiger partial charge in [-0.15, -0.1) is 5.10 Å². The van der Waals surface area contributed by atoms with Gasteiger partial charge in [-0.25, -0.2) is 4.98 Å². The Labute approximate surface area is 168 Å². The van der Waals surface area contributed by atoms with Crippen molar-refractivity contribution in [3.8, 4) is 5.88 Å². The number of fused-ring (bicyclic) bond motifs is 1. The van der Waals surface area contributed by atoms with Crippen molar-refractivity contribution in [2.45, 2.75) is 39.7 Å². The molecule has 1 aliphatic heterocycles. The van der Waals surface area contributed by atoms with E-state index in [0.29, 0.717) is 11.8 Å². The predicted octanol–water partition coefficient (Wildman–Crippen LogP) is 3.36. The number of halogens is 1. The molecule has 3 atom stereocenters. The summed E-state index contributed by atoms with van der Waals surface area (Å²) in [6, 6.07) is 8.09. The van der Waals surface area contributed by atoms with Crippen LogP contribution in [0.3, 0.4) is 0 Å². The Morgan fingerprint density at radius 3 is 2.52 bits per heavy atom. The van der Waals surface area contributed by atoms with Gasteiger partial charge in [0.25, 0.3) is 0 Å². The van der Waals surface area contributed by atoms with Gasteiger partial charge in [0.1, 0.15) is 4.88 Å². The highest BCUT2D eigenvalue weighted by molar-refractivity contribution is 7.17. The van der Waals surface area contributed by atoms with Crippen LogP contribution in [0, 0.1) is 11.8 Å². The zero-order chi connectivity index (χ0) is 19.1. The minimum Gasteiger partial charge on any atom is -0.492 e. The fraction of sp³-hybridized carbons (Fsp3) is 0.500. The van der Waals surface area contributed by atoms with E-state index in [-0.39, 0.29) is 11.9 Å². The first kappa shape index (κ1) is 18.7. The molecule has 0 unspecified atom stereocenters. The highest BCUT2D eigenvalue weighted by atomic mass is 35.5. The molecule has 7 heteroatoms. The first-order chi connectivity index (χ1) is 13.0. The minimum absolute atomic E-state index is 0.0612. The van der Waals surface area contributed by atoms with Gasteiger partial charge in [0.2, 0.25) is 10.8 Å². The van der Waals surface area contributed by atoms with E-state index in [4.69, 9.17) is 11.6 Å². The maximum absolute atomic E-state index is 11.0. The molecule has 0 saturated carbocycles. The average molecular weight is 406 g/mol. The molecule has 0 radical (unpaired) electrons. The molecule has 0 spiro atoms. The first-order valence-electron chi connectivity index (χ1n) is 9.63. The number of nitrogens with zero attached hydrogens (tertiary/aromatic N) is 3. The predicted molar refractivity (Wildman–Crippen MR) is 109 cm³/mol. The largest absolute Gasteiger partial charge is 0.492 e. The van der Waals surface area contributed by atoms with Crippen LogP contribution >= 0.6 is 22.9 Å². The zero-order valence-corrected chi connectivity index (χ0v) is 17.5. The van der Waals surface area contributed by atoms with E-state index in [1.165, 1.54) is 16.9 Å². The Balaban J connectivity index is 1.81. The van der Waals surface area contributed by atoms with Crippen LogP contribution in [-0.4, -0.2) is 32.8 Å². The number of quaternary nitrogens is 1. The third-order valence-electron chi connectivity index (χ3n) is 5.46. The second-order valence-corrected chi connectivity index (χ2v) is 9.31. The van der Waals surface area contributed by atoms with Crippen LogP contribution in [0.2, 0.25) is 5.02 Å². The summed E-state index contributed by atoms with van der Waals surface area (Å²) in [6.45, 7) is 8.85. The van der Waals surface area contributed by atoms with Crippen molar-refractivity contribution in [2.24, 2.45) is 11.8 Å². The van der Waals surface area contributed by atoms with Crippen LogP contribution in [0.1, 0.15) is 49.5 Å². The Hall–Kier alpha value is -1.63. The molecule has 1 aliphatic rings. The summed E-state index contributed by atoms with van der Waals surface area (Å²) in [6.07, 6.45) is 2.02.